The second-order valence-corrected chi connectivity index (χ2v) is 5.45. The van der Waals surface area contributed by atoms with Gasteiger partial charge in [0.1, 0.15) is 0 Å². The Morgan fingerprint density at radius 1 is 1.38 bits per heavy atom. The second kappa shape index (κ2) is 6.53. The molecule has 0 spiro atoms. The number of halogens is 1. The minimum atomic E-state index is 0.242. The number of rotatable bonds is 5. The predicted molar refractivity (Wildman–Crippen MR) is 72.5 cm³/mol. The summed E-state index contributed by atoms with van der Waals surface area (Å²) in [7, 11) is 0. The lowest BCUT2D eigenvalue weighted by molar-refractivity contribution is 0.252. The van der Waals surface area contributed by atoms with Gasteiger partial charge in [0.2, 0.25) is 0 Å². The Morgan fingerprint density at radius 2 is 2.06 bits per heavy atom. The van der Waals surface area contributed by atoms with Crippen molar-refractivity contribution < 1.29 is 5.11 Å². The minimum Gasteiger partial charge on any atom is -0.396 e. The van der Waals surface area contributed by atoms with Crippen molar-refractivity contribution >= 4 is 23.4 Å². The standard InChI is InChI=1S/C13H19ClOS/c1-9(6-7-15)10(2)12-5-4-11(16-3)8-13(12)14/h4-5,8-10,15H,6-7H2,1-3H3. The highest BCUT2D eigenvalue weighted by Crippen LogP contribution is 2.33. The third kappa shape index (κ3) is 3.41. The fourth-order valence-electron chi connectivity index (χ4n) is 1.76. The van der Waals surface area contributed by atoms with Crippen LogP contribution in [-0.2, 0) is 0 Å². The van der Waals surface area contributed by atoms with Crippen molar-refractivity contribution in [2.75, 3.05) is 12.9 Å². The van der Waals surface area contributed by atoms with Gasteiger partial charge in [-0.05, 0) is 42.2 Å². The van der Waals surface area contributed by atoms with E-state index in [2.05, 4.69) is 26.0 Å². The number of benzene rings is 1. The number of aliphatic hydroxyl groups is 1. The molecule has 0 aliphatic heterocycles. The van der Waals surface area contributed by atoms with Crippen LogP contribution >= 0.6 is 23.4 Å². The average Bonchev–Trinajstić information content (AvgIpc) is 2.28. The molecule has 0 bridgehead atoms. The number of hydrogen-bond acceptors (Lipinski definition) is 2. The van der Waals surface area contributed by atoms with E-state index in [1.165, 1.54) is 10.5 Å². The summed E-state index contributed by atoms with van der Waals surface area (Å²) < 4.78 is 0. The molecular weight excluding hydrogens is 240 g/mol. The molecule has 0 aliphatic carbocycles. The Hall–Kier alpha value is -0.180. The van der Waals surface area contributed by atoms with E-state index < -0.39 is 0 Å². The van der Waals surface area contributed by atoms with Crippen LogP contribution < -0.4 is 0 Å². The fourth-order valence-corrected chi connectivity index (χ4v) is 2.62. The van der Waals surface area contributed by atoms with Gasteiger partial charge in [-0.15, -0.1) is 11.8 Å². The molecule has 0 heterocycles. The van der Waals surface area contributed by atoms with Crippen LogP contribution in [0.1, 0.15) is 31.7 Å². The summed E-state index contributed by atoms with van der Waals surface area (Å²) in [5.41, 5.74) is 1.18. The first-order chi connectivity index (χ1) is 7.60. The van der Waals surface area contributed by atoms with Gasteiger partial charge in [-0.2, -0.15) is 0 Å². The number of hydrogen-bond donors (Lipinski definition) is 1. The summed E-state index contributed by atoms with van der Waals surface area (Å²) in [6, 6.07) is 6.23. The molecule has 0 radical (unpaired) electrons. The zero-order valence-electron chi connectivity index (χ0n) is 10.0. The van der Waals surface area contributed by atoms with E-state index in [0.717, 1.165) is 11.4 Å². The molecule has 0 aromatic heterocycles. The summed E-state index contributed by atoms with van der Waals surface area (Å²) in [5.74, 6) is 0.832. The molecule has 0 aliphatic rings. The maximum atomic E-state index is 8.95. The minimum absolute atomic E-state index is 0.242. The van der Waals surface area contributed by atoms with E-state index in [9.17, 15) is 0 Å². The highest BCUT2D eigenvalue weighted by atomic mass is 35.5. The largest absolute Gasteiger partial charge is 0.396 e. The van der Waals surface area contributed by atoms with Gasteiger partial charge < -0.3 is 5.11 Å². The van der Waals surface area contributed by atoms with Gasteiger partial charge in [0.25, 0.3) is 0 Å². The molecule has 1 aromatic carbocycles. The molecule has 0 saturated carbocycles. The van der Waals surface area contributed by atoms with Crippen LogP contribution in [-0.4, -0.2) is 18.0 Å². The molecule has 1 nitrogen and oxygen atoms in total. The lowest BCUT2D eigenvalue weighted by Crippen LogP contribution is -2.08. The van der Waals surface area contributed by atoms with Gasteiger partial charge in [0.05, 0.1) is 0 Å². The van der Waals surface area contributed by atoms with E-state index in [0.29, 0.717) is 11.8 Å². The topological polar surface area (TPSA) is 20.2 Å². The molecule has 2 unspecified atom stereocenters. The zero-order chi connectivity index (χ0) is 12.1. The Bertz CT molecular complexity index is 341. The highest BCUT2D eigenvalue weighted by Gasteiger charge is 2.16. The van der Waals surface area contributed by atoms with Gasteiger partial charge >= 0.3 is 0 Å². The first-order valence-electron chi connectivity index (χ1n) is 5.54. The van der Waals surface area contributed by atoms with Crippen molar-refractivity contribution in [1.82, 2.24) is 0 Å². The molecule has 3 heteroatoms. The van der Waals surface area contributed by atoms with Crippen LogP contribution in [0.3, 0.4) is 0 Å². The Labute approximate surface area is 107 Å². The van der Waals surface area contributed by atoms with Crippen molar-refractivity contribution in [3.8, 4) is 0 Å². The van der Waals surface area contributed by atoms with E-state index in [1.54, 1.807) is 11.8 Å². The van der Waals surface area contributed by atoms with Crippen LogP contribution in [0.4, 0.5) is 0 Å². The molecule has 1 N–H and O–H groups in total. The van der Waals surface area contributed by atoms with Crippen LogP contribution in [0.15, 0.2) is 23.1 Å². The molecule has 16 heavy (non-hydrogen) atoms. The maximum absolute atomic E-state index is 8.95. The van der Waals surface area contributed by atoms with Crippen molar-refractivity contribution in [2.45, 2.75) is 31.1 Å². The molecule has 0 fully saturated rings. The van der Waals surface area contributed by atoms with Crippen molar-refractivity contribution in [1.29, 1.82) is 0 Å². The van der Waals surface area contributed by atoms with Crippen LogP contribution in [0.25, 0.3) is 0 Å². The van der Waals surface area contributed by atoms with E-state index >= 15 is 0 Å². The molecule has 2 atom stereocenters. The van der Waals surface area contributed by atoms with Crippen LogP contribution in [0.5, 0.6) is 0 Å². The highest BCUT2D eigenvalue weighted by molar-refractivity contribution is 7.98. The Balaban J connectivity index is 2.87. The molecule has 0 saturated heterocycles. The van der Waals surface area contributed by atoms with Crippen LogP contribution in [0, 0.1) is 5.92 Å². The first kappa shape index (κ1) is 13.9. The third-order valence-corrected chi connectivity index (χ3v) is 4.19. The van der Waals surface area contributed by atoms with Gasteiger partial charge in [-0.1, -0.05) is 31.5 Å². The predicted octanol–water partition coefficient (Wildman–Crippen LogP) is 4.18. The lowest BCUT2D eigenvalue weighted by Gasteiger charge is -2.20. The van der Waals surface area contributed by atoms with Gasteiger partial charge in [0, 0.05) is 16.5 Å². The number of aliphatic hydroxyl groups excluding tert-OH is 1. The second-order valence-electron chi connectivity index (χ2n) is 4.17. The monoisotopic (exact) mass is 258 g/mol. The van der Waals surface area contributed by atoms with E-state index in [-0.39, 0.29) is 6.61 Å². The molecule has 1 aromatic rings. The van der Waals surface area contributed by atoms with Gasteiger partial charge in [0.15, 0.2) is 0 Å². The smallest absolute Gasteiger partial charge is 0.0451 e. The SMILES string of the molecule is CSc1ccc(C(C)C(C)CCO)c(Cl)c1. The summed E-state index contributed by atoms with van der Waals surface area (Å²) >= 11 is 7.97. The van der Waals surface area contributed by atoms with E-state index in [4.69, 9.17) is 16.7 Å². The van der Waals surface area contributed by atoms with Gasteiger partial charge in [-0.25, -0.2) is 0 Å². The zero-order valence-corrected chi connectivity index (χ0v) is 11.6. The quantitative estimate of drug-likeness (QED) is 0.800. The summed E-state index contributed by atoms with van der Waals surface area (Å²) in [4.78, 5) is 1.19. The van der Waals surface area contributed by atoms with Crippen molar-refractivity contribution in [3.63, 3.8) is 0 Å². The molecule has 0 amide bonds. The van der Waals surface area contributed by atoms with Crippen LogP contribution in [0.2, 0.25) is 5.02 Å². The lowest BCUT2D eigenvalue weighted by atomic mass is 9.87. The van der Waals surface area contributed by atoms with Gasteiger partial charge in [-0.3, -0.25) is 0 Å². The Morgan fingerprint density at radius 3 is 2.56 bits per heavy atom. The first-order valence-corrected chi connectivity index (χ1v) is 7.14. The fraction of sp³-hybridized carbons (Fsp3) is 0.538. The Kier molecular flexibility index (Phi) is 5.67. The molecular formula is C13H19ClOS. The summed E-state index contributed by atoms with van der Waals surface area (Å²) in [6.45, 7) is 4.56. The maximum Gasteiger partial charge on any atom is 0.0451 e. The van der Waals surface area contributed by atoms with Crippen molar-refractivity contribution in [3.05, 3.63) is 28.8 Å². The third-order valence-electron chi connectivity index (χ3n) is 3.14. The normalized spacial score (nSPS) is 14.8. The summed E-state index contributed by atoms with van der Waals surface area (Å²) in [6.07, 6.45) is 2.87. The van der Waals surface area contributed by atoms with Crippen molar-refractivity contribution in [2.24, 2.45) is 5.92 Å². The average molecular weight is 259 g/mol. The van der Waals surface area contributed by atoms with E-state index in [1.807, 2.05) is 12.3 Å². The summed E-state index contributed by atoms with van der Waals surface area (Å²) in [5, 5.41) is 9.78. The molecule has 1 rings (SSSR count). The number of thioether (sulfide) groups is 1. The molecule has 90 valence electrons.